The molecule has 0 saturated carbocycles. The number of ether oxygens (including phenoxy) is 1. The van der Waals surface area contributed by atoms with Gasteiger partial charge in [0.1, 0.15) is 18.3 Å². The van der Waals surface area contributed by atoms with Crippen molar-refractivity contribution in [3.63, 3.8) is 0 Å². The van der Waals surface area contributed by atoms with Gasteiger partial charge in [-0.3, -0.25) is 13.9 Å². The van der Waals surface area contributed by atoms with Gasteiger partial charge in [-0.05, 0) is 66.9 Å². The van der Waals surface area contributed by atoms with Crippen molar-refractivity contribution in [1.82, 2.24) is 10.2 Å². The van der Waals surface area contributed by atoms with Crippen LogP contribution in [-0.4, -0.2) is 51.4 Å². The van der Waals surface area contributed by atoms with Crippen molar-refractivity contribution in [3.05, 3.63) is 124 Å². The fraction of sp³-hybridized carbons (Fsp3) is 0.278. The minimum atomic E-state index is -4.26. The molecule has 0 aliphatic rings. The molecule has 0 spiro atoms. The largest absolute Gasteiger partial charge is 0.497 e. The number of anilines is 1. The first-order valence-electron chi connectivity index (χ1n) is 15.2. The Kier molecular flexibility index (Phi) is 12.3. The number of hydrogen-bond donors (Lipinski definition) is 1. The van der Waals surface area contributed by atoms with Crippen LogP contribution in [0.2, 0.25) is 10.0 Å². The van der Waals surface area contributed by atoms with Crippen molar-refractivity contribution in [1.29, 1.82) is 0 Å². The van der Waals surface area contributed by atoms with Crippen LogP contribution in [0.25, 0.3) is 0 Å². The lowest BCUT2D eigenvalue weighted by molar-refractivity contribution is -0.140. The van der Waals surface area contributed by atoms with Crippen LogP contribution in [0, 0.1) is 12.8 Å². The van der Waals surface area contributed by atoms with E-state index in [2.05, 4.69) is 5.32 Å². The molecule has 4 aromatic carbocycles. The van der Waals surface area contributed by atoms with Gasteiger partial charge in [-0.1, -0.05) is 91.1 Å². The van der Waals surface area contributed by atoms with Crippen LogP contribution in [0.15, 0.2) is 102 Å². The maximum absolute atomic E-state index is 14.6. The third-order valence-corrected chi connectivity index (χ3v) is 10.1. The molecule has 0 aromatic heterocycles. The summed E-state index contributed by atoms with van der Waals surface area (Å²) >= 11 is 13.2. The number of amides is 2. The highest BCUT2D eigenvalue weighted by Gasteiger charge is 2.35. The van der Waals surface area contributed by atoms with E-state index in [0.717, 1.165) is 15.4 Å². The van der Waals surface area contributed by atoms with Gasteiger partial charge in [-0.15, -0.1) is 0 Å². The maximum Gasteiger partial charge on any atom is 0.264 e. The zero-order valence-electron chi connectivity index (χ0n) is 26.8. The minimum Gasteiger partial charge on any atom is -0.497 e. The van der Waals surface area contributed by atoms with Crippen molar-refractivity contribution >= 4 is 50.7 Å². The van der Waals surface area contributed by atoms with Gasteiger partial charge >= 0.3 is 0 Å². The quantitative estimate of drug-likeness (QED) is 0.155. The smallest absolute Gasteiger partial charge is 0.264 e. The molecule has 1 N–H and O–H groups in total. The lowest BCUT2D eigenvalue weighted by Crippen LogP contribution is -2.53. The predicted molar refractivity (Wildman–Crippen MR) is 187 cm³/mol. The molecule has 1 atom stereocenters. The summed E-state index contributed by atoms with van der Waals surface area (Å²) in [5.74, 6) is -0.343. The molecule has 0 saturated heterocycles. The fourth-order valence-corrected chi connectivity index (χ4v) is 6.88. The van der Waals surface area contributed by atoms with Crippen molar-refractivity contribution < 1.29 is 22.7 Å². The number of benzene rings is 4. The van der Waals surface area contributed by atoms with Crippen molar-refractivity contribution in [3.8, 4) is 5.75 Å². The topological polar surface area (TPSA) is 96.0 Å². The molecule has 4 aromatic rings. The van der Waals surface area contributed by atoms with Crippen molar-refractivity contribution in [2.24, 2.45) is 5.92 Å². The standard InChI is InChI=1S/C36H39Cl2N3O5S/c1-25(2)22-39-36(43)34(21-27-9-6-5-7-10-27)40(23-31-32(37)11-8-12-33(31)38)35(42)24-41(28-15-13-26(3)14-16-28)47(44,45)30-19-17-29(46-4)18-20-30/h5-20,25,34H,21-24H2,1-4H3,(H,39,43)/t34-/m0/s1. The predicted octanol–water partition coefficient (Wildman–Crippen LogP) is 6.92. The van der Waals surface area contributed by atoms with E-state index in [1.54, 1.807) is 54.6 Å². The van der Waals surface area contributed by atoms with Crippen LogP contribution < -0.4 is 14.4 Å². The van der Waals surface area contributed by atoms with E-state index >= 15 is 0 Å². The van der Waals surface area contributed by atoms with Gasteiger partial charge in [0.05, 0.1) is 17.7 Å². The molecule has 4 rings (SSSR count). The number of rotatable bonds is 14. The fourth-order valence-electron chi connectivity index (χ4n) is 4.94. The lowest BCUT2D eigenvalue weighted by Gasteiger charge is -2.34. The van der Waals surface area contributed by atoms with Crippen LogP contribution in [0.4, 0.5) is 5.69 Å². The van der Waals surface area contributed by atoms with Gasteiger partial charge in [0.25, 0.3) is 10.0 Å². The molecule has 0 heterocycles. The number of sulfonamides is 1. The molecule has 0 aliphatic heterocycles. The molecular formula is C36H39Cl2N3O5S. The summed E-state index contributed by atoms with van der Waals surface area (Å²) in [6, 6.07) is 26.1. The van der Waals surface area contributed by atoms with E-state index in [-0.39, 0.29) is 29.7 Å². The van der Waals surface area contributed by atoms with Gasteiger partial charge in [-0.25, -0.2) is 8.42 Å². The SMILES string of the molecule is COc1ccc(S(=O)(=O)N(CC(=O)N(Cc2c(Cl)cccc2Cl)[C@@H](Cc2ccccc2)C(=O)NCC(C)C)c2ccc(C)cc2)cc1. The zero-order valence-corrected chi connectivity index (χ0v) is 29.1. The number of aryl methyl sites for hydroxylation is 1. The molecular weight excluding hydrogens is 657 g/mol. The normalized spacial score (nSPS) is 12.0. The van der Waals surface area contributed by atoms with E-state index in [0.29, 0.717) is 33.6 Å². The molecule has 0 unspecified atom stereocenters. The first-order chi connectivity index (χ1) is 22.4. The molecule has 8 nitrogen and oxygen atoms in total. The Morgan fingerprint density at radius 3 is 2.04 bits per heavy atom. The molecule has 0 bridgehead atoms. The second kappa shape index (κ2) is 16.2. The van der Waals surface area contributed by atoms with Gasteiger partial charge in [-0.2, -0.15) is 0 Å². The molecule has 2 amide bonds. The molecule has 0 aliphatic carbocycles. The van der Waals surface area contributed by atoms with Crippen LogP contribution in [0.5, 0.6) is 5.75 Å². The molecule has 0 fully saturated rings. The summed E-state index contributed by atoms with van der Waals surface area (Å²) in [5.41, 5.74) is 2.47. The Balaban J connectivity index is 1.83. The summed E-state index contributed by atoms with van der Waals surface area (Å²) in [7, 11) is -2.77. The number of nitrogens with one attached hydrogen (secondary N) is 1. The Bertz CT molecular complexity index is 1750. The van der Waals surface area contributed by atoms with E-state index in [4.69, 9.17) is 27.9 Å². The van der Waals surface area contributed by atoms with Crippen LogP contribution in [0.3, 0.4) is 0 Å². The first kappa shape index (κ1) is 35.8. The second-order valence-corrected chi connectivity index (χ2v) is 14.3. The van der Waals surface area contributed by atoms with E-state index in [1.165, 1.54) is 24.1 Å². The number of methoxy groups -OCH3 is 1. The maximum atomic E-state index is 14.6. The number of nitrogens with zero attached hydrogens (tertiary/aromatic N) is 2. The van der Waals surface area contributed by atoms with Gasteiger partial charge in [0.15, 0.2) is 0 Å². The summed E-state index contributed by atoms with van der Waals surface area (Å²) in [5, 5.41) is 3.60. The highest BCUT2D eigenvalue weighted by atomic mass is 35.5. The second-order valence-electron chi connectivity index (χ2n) is 11.6. The Labute approximate surface area is 287 Å². The number of halogens is 2. The van der Waals surface area contributed by atoms with Gasteiger partial charge < -0.3 is 15.0 Å². The molecule has 0 radical (unpaired) electrons. The van der Waals surface area contributed by atoms with Gasteiger partial charge in [0.2, 0.25) is 11.8 Å². The molecule has 47 heavy (non-hydrogen) atoms. The average molecular weight is 697 g/mol. The summed E-state index contributed by atoms with van der Waals surface area (Å²) in [4.78, 5) is 29.9. The van der Waals surface area contributed by atoms with E-state index in [9.17, 15) is 18.0 Å². The highest BCUT2D eigenvalue weighted by Crippen LogP contribution is 2.29. The number of carbonyl (C=O) groups is 2. The highest BCUT2D eigenvalue weighted by molar-refractivity contribution is 7.92. The summed E-state index contributed by atoms with van der Waals surface area (Å²) in [6.07, 6.45) is 0.175. The van der Waals surface area contributed by atoms with Crippen molar-refractivity contribution in [2.75, 3.05) is 24.5 Å². The Morgan fingerprint density at radius 2 is 1.47 bits per heavy atom. The van der Waals surface area contributed by atoms with Crippen LogP contribution in [0.1, 0.15) is 30.5 Å². The lowest BCUT2D eigenvalue weighted by atomic mass is 10.0. The third-order valence-electron chi connectivity index (χ3n) is 7.59. The van der Waals surface area contributed by atoms with Crippen molar-refractivity contribution in [2.45, 2.75) is 44.7 Å². The Hall–Kier alpha value is -4.05. The minimum absolute atomic E-state index is 0.0251. The third kappa shape index (κ3) is 9.28. The van der Waals surface area contributed by atoms with E-state index < -0.39 is 28.5 Å². The number of hydrogen-bond acceptors (Lipinski definition) is 5. The summed E-state index contributed by atoms with van der Waals surface area (Å²) in [6.45, 7) is 5.50. The average Bonchev–Trinajstić information content (AvgIpc) is 3.06. The number of carbonyl (C=O) groups excluding carboxylic acids is 2. The van der Waals surface area contributed by atoms with Crippen LogP contribution >= 0.6 is 23.2 Å². The zero-order chi connectivity index (χ0) is 34.1. The molecule has 11 heteroatoms. The summed E-state index contributed by atoms with van der Waals surface area (Å²) < 4.78 is 34.7. The van der Waals surface area contributed by atoms with Crippen LogP contribution in [-0.2, 0) is 32.6 Å². The Morgan fingerprint density at radius 1 is 0.851 bits per heavy atom. The molecule has 248 valence electrons. The first-order valence-corrected chi connectivity index (χ1v) is 17.4. The van der Waals surface area contributed by atoms with Gasteiger partial charge in [0, 0.05) is 35.1 Å². The van der Waals surface area contributed by atoms with E-state index in [1.807, 2.05) is 51.1 Å². The monoisotopic (exact) mass is 695 g/mol.